The highest BCUT2D eigenvalue weighted by atomic mass is 19.1. The van der Waals surface area contributed by atoms with E-state index in [0.717, 1.165) is 42.4 Å². The van der Waals surface area contributed by atoms with Crippen LogP contribution in [0.25, 0.3) is 6.08 Å². The predicted molar refractivity (Wildman–Crippen MR) is 169 cm³/mol. The van der Waals surface area contributed by atoms with E-state index in [2.05, 4.69) is 12.2 Å². The minimum absolute atomic E-state index is 0.266. The van der Waals surface area contributed by atoms with Crippen molar-refractivity contribution in [3.63, 3.8) is 0 Å². The highest BCUT2D eigenvalue weighted by Gasteiger charge is 2.70. The van der Waals surface area contributed by atoms with Gasteiger partial charge in [0.2, 0.25) is 5.91 Å². The maximum Gasteiger partial charge on any atom is 0.238 e. The van der Waals surface area contributed by atoms with Gasteiger partial charge in [-0.2, -0.15) is 0 Å². The summed E-state index contributed by atoms with van der Waals surface area (Å²) in [5.41, 5.74) is 3.65. The number of amides is 1. The van der Waals surface area contributed by atoms with Crippen LogP contribution in [0.5, 0.6) is 0 Å². The SMILES string of the molecule is CCCCCc1ccc(C(=O)[C@@H]2[C@H](C(=O)c3ccc(F)cc3)N3C=Cc4ccccc4[C@H]3[C@]23C(=O)Nc2ccccc23)cc1. The van der Waals surface area contributed by atoms with Crippen LogP contribution >= 0.6 is 0 Å². The maximum absolute atomic E-state index is 14.9. The van der Waals surface area contributed by atoms with Gasteiger partial charge in [0.15, 0.2) is 11.6 Å². The Kier molecular flexibility index (Phi) is 7.00. The third kappa shape index (κ3) is 4.23. The molecule has 220 valence electrons. The summed E-state index contributed by atoms with van der Waals surface area (Å²) in [6.07, 6.45) is 8.04. The number of aryl methyl sites for hydroxylation is 1. The Morgan fingerprint density at radius 1 is 0.841 bits per heavy atom. The zero-order chi connectivity index (χ0) is 30.4. The molecule has 4 aromatic carbocycles. The van der Waals surface area contributed by atoms with Crippen LogP contribution in [-0.2, 0) is 16.6 Å². The molecule has 0 radical (unpaired) electrons. The number of carbonyl (C=O) groups is 3. The molecule has 0 bridgehead atoms. The molecule has 7 rings (SSSR count). The zero-order valence-electron chi connectivity index (χ0n) is 24.5. The maximum atomic E-state index is 14.9. The van der Waals surface area contributed by atoms with Crippen molar-refractivity contribution in [1.82, 2.24) is 4.90 Å². The second kappa shape index (κ2) is 11.0. The molecule has 0 aromatic heterocycles. The minimum atomic E-state index is -1.39. The number of fused-ring (bicyclic) bond motifs is 6. The van der Waals surface area contributed by atoms with Crippen molar-refractivity contribution in [3.05, 3.63) is 142 Å². The number of halogens is 1. The first-order chi connectivity index (χ1) is 21.4. The summed E-state index contributed by atoms with van der Waals surface area (Å²) in [4.78, 5) is 45.9. The summed E-state index contributed by atoms with van der Waals surface area (Å²) >= 11 is 0. The Bertz CT molecular complexity index is 1800. The topological polar surface area (TPSA) is 66.5 Å². The molecule has 1 saturated heterocycles. The fourth-order valence-electron chi connectivity index (χ4n) is 7.55. The number of rotatable bonds is 8. The van der Waals surface area contributed by atoms with Crippen LogP contribution < -0.4 is 5.32 Å². The van der Waals surface area contributed by atoms with Crippen LogP contribution in [0.1, 0.15) is 75.2 Å². The average Bonchev–Trinajstić information content (AvgIpc) is 3.53. The van der Waals surface area contributed by atoms with E-state index in [9.17, 15) is 18.8 Å². The second-order valence-corrected chi connectivity index (χ2v) is 12.0. The molecule has 1 fully saturated rings. The van der Waals surface area contributed by atoms with Crippen molar-refractivity contribution < 1.29 is 18.8 Å². The van der Waals surface area contributed by atoms with Crippen molar-refractivity contribution in [3.8, 4) is 0 Å². The minimum Gasteiger partial charge on any atom is -0.358 e. The molecule has 4 atom stereocenters. The number of anilines is 1. The van der Waals surface area contributed by atoms with E-state index >= 15 is 0 Å². The average molecular weight is 585 g/mol. The first-order valence-corrected chi connectivity index (χ1v) is 15.3. The normalized spacial score (nSPS) is 22.8. The van der Waals surface area contributed by atoms with Gasteiger partial charge in [0, 0.05) is 23.0 Å². The fourth-order valence-corrected chi connectivity index (χ4v) is 7.55. The fraction of sp³-hybridized carbons (Fsp3) is 0.237. The molecule has 1 N–H and O–H groups in total. The summed E-state index contributed by atoms with van der Waals surface area (Å²) in [5, 5.41) is 3.07. The van der Waals surface area contributed by atoms with E-state index in [1.165, 1.54) is 24.3 Å². The number of nitrogens with one attached hydrogen (secondary N) is 1. The van der Waals surface area contributed by atoms with E-state index in [1.54, 1.807) is 0 Å². The molecular formula is C38H33FN2O3. The van der Waals surface area contributed by atoms with Crippen molar-refractivity contribution in [1.29, 1.82) is 0 Å². The molecule has 3 heterocycles. The summed E-state index contributed by atoms with van der Waals surface area (Å²) in [7, 11) is 0. The number of ketones is 2. The van der Waals surface area contributed by atoms with Gasteiger partial charge in [-0.05, 0) is 71.5 Å². The predicted octanol–water partition coefficient (Wildman–Crippen LogP) is 7.54. The molecule has 44 heavy (non-hydrogen) atoms. The first-order valence-electron chi connectivity index (χ1n) is 15.3. The molecule has 0 saturated carbocycles. The monoisotopic (exact) mass is 584 g/mol. The Balaban J connectivity index is 1.44. The van der Waals surface area contributed by atoms with Gasteiger partial charge < -0.3 is 10.2 Å². The second-order valence-electron chi connectivity index (χ2n) is 12.0. The molecule has 3 aliphatic rings. The Labute approximate surface area is 256 Å². The van der Waals surface area contributed by atoms with Crippen LogP contribution in [0.4, 0.5) is 10.1 Å². The smallest absolute Gasteiger partial charge is 0.238 e. The van der Waals surface area contributed by atoms with Gasteiger partial charge in [0.1, 0.15) is 17.3 Å². The van der Waals surface area contributed by atoms with E-state index in [4.69, 9.17) is 0 Å². The number of benzene rings is 4. The molecule has 0 unspecified atom stereocenters. The van der Waals surface area contributed by atoms with Crippen LogP contribution in [0.2, 0.25) is 0 Å². The molecule has 0 aliphatic carbocycles. The number of para-hydroxylation sites is 1. The summed E-state index contributed by atoms with van der Waals surface area (Å²) in [5.74, 6) is -2.41. The Morgan fingerprint density at radius 2 is 1.52 bits per heavy atom. The molecular weight excluding hydrogens is 551 g/mol. The standard InChI is InChI=1S/C38H33FN2O3/c1-2-3-4-9-24-14-16-26(17-15-24)34(42)32-33(35(43)27-18-20-28(39)21-19-27)41-23-22-25-10-5-6-11-29(25)36(41)38(32)30-12-7-8-13-31(30)40-37(38)44/h5-8,10-23,32-33,36H,2-4,9H2,1H3,(H,40,44)/t32-,33+,36-,38+/m0/s1. The molecule has 3 aliphatic heterocycles. The molecule has 5 nitrogen and oxygen atoms in total. The number of hydrogen-bond acceptors (Lipinski definition) is 4. The van der Waals surface area contributed by atoms with E-state index < -0.39 is 29.2 Å². The molecule has 6 heteroatoms. The van der Waals surface area contributed by atoms with Crippen LogP contribution in [0.15, 0.2) is 103 Å². The molecule has 1 amide bonds. The first kappa shape index (κ1) is 28.0. The number of carbonyl (C=O) groups excluding carboxylic acids is 3. The Hall–Kier alpha value is -4.84. The van der Waals surface area contributed by atoms with E-state index in [0.29, 0.717) is 16.8 Å². The van der Waals surface area contributed by atoms with Crippen molar-refractivity contribution in [2.45, 2.75) is 50.1 Å². The quantitative estimate of drug-likeness (QED) is 0.172. The van der Waals surface area contributed by atoms with Crippen LogP contribution in [0, 0.1) is 11.7 Å². The lowest BCUT2D eigenvalue weighted by Gasteiger charge is -2.38. The number of nitrogens with zero attached hydrogens (tertiary/aromatic N) is 1. The van der Waals surface area contributed by atoms with Gasteiger partial charge in [0.05, 0.1) is 12.0 Å². The Morgan fingerprint density at radius 3 is 2.30 bits per heavy atom. The van der Waals surface area contributed by atoms with E-state index in [1.807, 2.05) is 90.0 Å². The van der Waals surface area contributed by atoms with Crippen molar-refractivity contribution >= 4 is 29.2 Å². The summed E-state index contributed by atoms with van der Waals surface area (Å²) in [6, 6.07) is 26.7. The van der Waals surface area contributed by atoms with Gasteiger partial charge in [0.25, 0.3) is 0 Å². The van der Waals surface area contributed by atoms with Gasteiger partial charge in [-0.3, -0.25) is 14.4 Å². The largest absolute Gasteiger partial charge is 0.358 e. The zero-order valence-corrected chi connectivity index (χ0v) is 24.5. The lowest BCUT2D eigenvalue weighted by atomic mass is 9.62. The van der Waals surface area contributed by atoms with Gasteiger partial charge in [-0.1, -0.05) is 86.5 Å². The van der Waals surface area contributed by atoms with Crippen LogP contribution in [-0.4, -0.2) is 28.4 Å². The van der Waals surface area contributed by atoms with Crippen molar-refractivity contribution in [2.75, 3.05) is 5.32 Å². The van der Waals surface area contributed by atoms with E-state index in [-0.39, 0.29) is 23.0 Å². The van der Waals surface area contributed by atoms with Crippen LogP contribution in [0.3, 0.4) is 0 Å². The summed E-state index contributed by atoms with van der Waals surface area (Å²) < 4.78 is 13.9. The number of unbranched alkanes of at least 4 members (excludes halogenated alkanes) is 2. The van der Waals surface area contributed by atoms with Gasteiger partial charge >= 0.3 is 0 Å². The molecule has 1 spiro atoms. The summed E-state index contributed by atoms with van der Waals surface area (Å²) in [6.45, 7) is 2.17. The third-order valence-corrected chi connectivity index (χ3v) is 9.56. The number of Topliss-reactive ketones (excluding diaryl/α,β-unsaturated/α-hetero) is 2. The lowest BCUT2D eigenvalue weighted by Crippen LogP contribution is -2.49. The van der Waals surface area contributed by atoms with Gasteiger partial charge in [-0.15, -0.1) is 0 Å². The number of hydrogen-bond donors (Lipinski definition) is 1. The lowest BCUT2D eigenvalue weighted by molar-refractivity contribution is -0.122. The highest BCUT2D eigenvalue weighted by Crippen LogP contribution is 2.62. The highest BCUT2D eigenvalue weighted by molar-refractivity contribution is 6.16. The third-order valence-electron chi connectivity index (χ3n) is 9.56. The van der Waals surface area contributed by atoms with Gasteiger partial charge in [-0.25, -0.2) is 4.39 Å². The molecule has 4 aromatic rings. The van der Waals surface area contributed by atoms with Crippen molar-refractivity contribution in [2.24, 2.45) is 5.92 Å².